The summed E-state index contributed by atoms with van der Waals surface area (Å²) in [5, 5.41) is 11.4. The standard InChI is InChI=1S/C20H27FN6O.HI/c1-5-22-19(25-12-17-26-18(28-27-17)20(2,3)4)23-9-8-13-11-24-16-7-6-14(21)10-15(13)16;/h6-7,10-11,24H,5,8-9,12H2,1-4H3,(H2,22,23,25);1H. The molecule has 0 atom stereocenters. The van der Waals surface area contributed by atoms with Crippen LogP contribution in [0.3, 0.4) is 0 Å². The molecule has 2 heterocycles. The van der Waals surface area contributed by atoms with Crippen LogP contribution >= 0.6 is 24.0 Å². The molecule has 3 N–H and O–H groups in total. The van der Waals surface area contributed by atoms with Gasteiger partial charge in [0.1, 0.15) is 12.4 Å². The minimum atomic E-state index is -0.231. The Morgan fingerprint density at radius 1 is 1.28 bits per heavy atom. The summed E-state index contributed by atoms with van der Waals surface area (Å²) in [6.45, 7) is 9.80. The van der Waals surface area contributed by atoms with E-state index in [9.17, 15) is 4.39 Å². The molecular weight excluding hydrogens is 486 g/mol. The smallest absolute Gasteiger partial charge is 0.232 e. The third-order valence-corrected chi connectivity index (χ3v) is 4.25. The Bertz CT molecular complexity index is 959. The molecule has 3 aromatic rings. The van der Waals surface area contributed by atoms with Crippen molar-refractivity contribution in [3.05, 3.63) is 47.5 Å². The average Bonchev–Trinajstić information content (AvgIpc) is 3.26. The predicted molar refractivity (Wildman–Crippen MR) is 123 cm³/mol. The van der Waals surface area contributed by atoms with E-state index >= 15 is 0 Å². The van der Waals surface area contributed by atoms with Gasteiger partial charge in [-0.2, -0.15) is 4.98 Å². The number of fused-ring (bicyclic) bond motifs is 1. The minimum absolute atomic E-state index is 0. The number of guanidine groups is 1. The maximum atomic E-state index is 13.5. The molecule has 1 aromatic carbocycles. The zero-order valence-electron chi connectivity index (χ0n) is 17.2. The van der Waals surface area contributed by atoms with Gasteiger partial charge in [-0.25, -0.2) is 9.38 Å². The zero-order chi connectivity index (χ0) is 20.1. The maximum Gasteiger partial charge on any atom is 0.232 e. The van der Waals surface area contributed by atoms with E-state index in [4.69, 9.17) is 4.52 Å². The van der Waals surface area contributed by atoms with Gasteiger partial charge in [0, 0.05) is 35.6 Å². The number of aromatic nitrogens is 3. The number of aliphatic imine (C=N–C) groups is 1. The second kappa shape index (κ2) is 10.0. The van der Waals surface area contributed by atoms with E-state index < -0.39 is 0 Å². The first kappa shape index (κ1) is 23.1. The van der Waals surface area contributed by atoms with Gasteiger partial charge in [0.15, 0.2) is 11.8 Å². The fraction of sp³-hybridized carbons (Fsp3) is 0.450. The molecule has 0 bridgehead atoms. The highest BCUT2D eigenvalue weighted by Gasteiger charge is 2.21. The number of rotatable bonds is 6. The van der Waals surface area contributed by atoms with Crippen LogP contribution in [0.15, 0.2) is 33.9 Å². The highest BCUT2D eigenvalue weighted by atomic mass is 127. The number of halogens is 2. The molecule has 0 aliphatic carbocycles. The van der Waals surface area contributed by atoms with Gasteiger partial charge in [0.05, 0.1) is 0 Å². The lowest BCUT2D eigenvalue weighted by atomic mass is 9.97. The lowest BCUT2D eigenvalue weighted by molar-refractivity contribution is 0.318. The van der Waals surface area contributed by atoms with E-state index in [0.717, 1.165) is 29.4 Å². The van der Waals surface area contributed by atoms with Crippen molar-refractivity contribution in [2.45, 2.75) is 46.1 Å². The molecule has 0 fully saturated rings. The van der Waals surface area contributed by atoms with Gasteiger partial charge in [-0.1, -0.05) is 25.9 Å². The van der Waals surface area contributed by atoms with Crippen LogP contribution in [0.2, 0.25) is 0 Å². The van der Waals surface area contributed by atoms with Gasteiger partial charge in [0.2, 0.25) is 5.89 Å². The molecule has 0 spiro atoms. The zero-order valence-corrected chi connectivity index (χ0v) is 19.5. The lowest BCUT2D eigenvalue weighted by Crippen LogP contribution is -2.38. The van der Waals surface area contributed by atoms with Crippen molar-refractivity contribution < 1.29 is 8.91 Å². The fourth-order valence-electron chi connectivity index (χ4n) is 2.79. The summed E-state index contributed by atoms with van der Waals surface area (Å²) in [7, 11) is 0. The minimum Gasteiger partial charge on any atom is -0.361 e. The summed E-state index contributed by atoms with van der Waals surface area (Å²) < 4.78 is 18.8. The van der Waals surface area contributed by atoms with Crippen LogP contribution in [0.25, 0.3) is 10.9 Å². The molecule has 0 saturated carbocycles. The number of aromatic amines is 1. The molecule has 9 heteroatoms. The molecule has 0 radical (unpaired) electrons. The van der Waals surface area contributed by atoms with Crippen LogP contribution < -0.4 is 10.6 Å². The van der Waals surface area contributed by atoms with Crippen molar-refractivity contribution in [2.75, 3.05) is 13.1 Å². The Kier molecular flexibility index (Phi) is 8.00. The second-order valence-electron chi connectivity index (χ2n) is 7.64. The van der Waals surface area contributed by atoms with Crippen molar-refractivity contribution in [1.82, 2.24) is 25.8 Å². The number of hydrogen-bond acceptors (Lipinski definition) is 4. The summed E-state index contributed by atoms with van der Waals surface area (Å²) in [6, 6.07) is 4.77. The number of hydrogen-bond donors (Lipinski definition) is 3. The van der Waals surface area contributed by atoms with E-state index in [1.54, 1.807) is 12.1 Å². The molecule has 0 saturated heterocycles. The third kappa shape index (κ3) is 6.15. The molecule has 3 rings (SSSR count). The summed E-state index contributed by atoms with van der Waals surface area (Å²) >= 11 is 0. The molecule has 0 aliphatic rings. The third-order valence-electron chi connectivity index (χ3n) is 4.25. The van der Waals surface area contributed by atoms with Crippen LogP contribution in [0.1, 0.15) is 45.0 Å². The number of nitrogens with zero attached hydrogens (tertiary/aromatic N) is 3. The molecular formula is C20H28FIN6O. The quantitative estimate of drug-likeness (QED) is 0.264. The normalized spacial score (nSPS) is 12.1. The van der Waals surface area contributed by atoms with Gasteiger partial charge in [-0.3, -0.25) is 0 Å². The van der Waals surface area contributed by atoms with Crippen LogP contribution in [0.4, 0.5) is 4.39 Å². The van der Waals surface area contributed by atoms with Gasteiger partial charge in [-0.05, 0) is 37.1 Å². The topological polar surface area (TPSA) is 91.1 Å². The maximum absolute atomic E-state index is 13.5. The number of nitrogens with one attached hydrogen (secondary N) is 3. The average molecular weight is 514 g/mol. The Morgan fingerprint density at radius 3 is 2.76 bits per heavy atom. The fourth-order valence-corrected chi connectivity index (χ4v) is 2.79. The monoisotopic (exact) mass is 514 g/mol. The number of benzene rings is 1. The van der Waals surface area contributed by atoms with Crippen LogP contribution in [-0.4, -0.2) is 34.2 Å². The molecule has 0 unspecified atom stereocenters. The molecule has 0 amide bonds. The number of H-pyrrole nitrogens is 1. The first-order valence-corrected chi connectivity index (χ1v) is 9.47. The Morgan fingerprint density at radius 2 is 2.07 bits per heavy atom. The van der Waals surface area contributed by atoms with Crippen molar-refractivity contribution in [3.8, 4) is 0 Å². The van der Waals surface area contributed by atoms with Gasteiger partial charge in [0.25, 0.3) is 0 Å². The van der Waals surface area contributed by atoms with Crippen molar-refractivity contribution in [3.63, 3.8) is 0 Å². The second-order valence-corrected chi connectivity index (χ2v) is 7.64. The highest BCUT2D eigenvalue weighted by molar-refractivity contribution is 14.0. The van der Waals surface area contributed by atoms with E-state index in [2.05, 4.69) is 30.8 Å². The summed E-state index contributed by atoms with van der Waals surface area (Å²) in [6.07, 6.45) is 2.66. The molecule has 29 heavy (non-hydrogen) atoms. The first-order chi connectivity index (χ1) is 13.4. The Hall–Kier alpha value is -2.17. The van der Waals surface area contributed by atoms with E-state index in [1.165, 1.54) is 6.07 Å². The van der Waals surface area contributed by atoms with Gasteiger partial charge >= 0.3 is 0 Å². The predicted octanol–water partition coefficient (Wildman–Crippen LogP) is 3.90. The largest absolute Gasteiger partial charge is 0.361 e. The van der Waals surface area contributed by atoms with Crippen LogP contribution in [0, 0.1) is 5.82 Å². The summed E-state index contributed by atoms with van der Waals surface area (Å²) in [5.41, 5.74) is 1.81. The lowest BCUT2D eigenvalue weighted by Gasteiger charge is -2.11. The van der Waals surface area contributed by atoms with Gasteiger partial charge in [-0.15, -0.1) is 24.0 Å². The van der Waals surface area contributed by atoms with Crippen molar-refractivity contribution in [2.24, 2.45) is 4.99 Å². The Labute approximate surface area is 187 Å². The molecule has 2 aromatic heterocycles. The van der Waals surface area contributed by atoms with E-state index in [0.29, 0.717) is 30.8 Å². The van der Waals surface area contributed by atoms with Crippen LogP contribution in [-0.2, 0) is 18.4 Å². The van der Waals surface area contributed by atoms with Gasteiger partial charge < -0.3 is 20.1 Å². The van der Waals surface area contributed by atoms with E-state index in [1.807, 2.05) is 33.9 Å². The molecule has 158 valence electrons. The Balaban J connectivity index is 0.00000300. The summed E-state index contributed by atoms with van der Waals surface area (Å²) in [4.78, 5) is 12.1. The highest BCUT2D eigenvalue weighted by Crippen LogP contribution is 2.20. The van der Waals surface area contributed by atoms with Crippen molar-refractivity contribution in [1.29, 1.82) is 0 Å². The molecule has 0 aliphatic heterocycles. The van der Waals surface area contributed by atoms with E-state index in [-0.39, 0.29) is 35.2 Å². The van der Waals surface area contributed by atoms with Crippen molar-refractivity contribution >= 4 is 40.8 Å². The summed E-state index contributed by atoms with van der Waals surface area (Å²) in [5.74, 6) is 1.60. The first-order valence-electron chi connectivity index (χ1n) is 9.47. The molecule has 7 nitrogen and oxygen atoms in total. The van der Waals surface area contributed by atoms with Crippen LogP contribution in [0.5, 0.6) is 0 Å². The SMILES string of the molecule is CCNC(=NCc1noc(C(C)(C)C)n1)NCCc1c[nH]c2ccc(F)cc12.I.